The largest absolute Gasteiger partial charge is 0.447 e. The topological polar surface area (TPSA) is 165 Å². The fourth-order valence-electron chi connectivity index (χ4n) is 5.27. The van der Waals surface area contributed by atoms with Gasteiger partial charge in [-0.25, -0.2) is 14.8 Å². The van der Waals surface area contributed by atoms with Crippen molar-refractivity contribution < 1.29 is 28.5 Å². The maximum atomic E-state index is 15.1. The van der Waals surface area contributed by atoms with Crippen LogP contribution in [0.3, 0.4) is 0 Å². The Morgan fingerprint density at radius 3 is 2.87 bits per heavy atom. The zero-order chi connectivity index (χ0) is 31.3. The summed E-state index contributed by atoms with van der Waals surface area (Å²) in [6.07, 6.45) is 6.11. The fourth-order valence-corrected chi connectivity index (χ4v) is 5.45. The van der Waals surface area contributed by atoms with Crippen LogP contribution in [-0.2, 0) is 14.2 Å². The molecule has 1 unspecified atom stereocenters. The number of carbonyl (C=O) groups excluding carboxylic acids is 1. The minimum absolute atomic E-state index is 0.0676. The Hall–Kier alpha value is -4.70. The molecule has 14 nitrogen and oxygen atoms in total. The van der Waals surface area contributed by atoms with Crippen LogP contribution in [0.25, 0.3) is 22.5 Å². The maximum absolute atomic E-state index is 15.1. The molecular formula is C29H29ClFN9O5. The Bertz CT molecular complexity index is 1710. The number of ether oxygens (including phenoxy) is 3. The van der Waals surface area contributed by atoms with Crippen molar-refractivity contribution in [3.63, 3.8) is 0 Å². The third-order valence-electron chi connectivity index (χ3n) is 7.30. The normalized spacial score (nSPS) is 17.6. The number of anilines is 1. The predicted molar refractivity (Wildman–Crippen MR) is 159 cm³/mol. The number of tetrazole rings is 1. The summed E-state index contributed by atoms with van der Waals surface area (Å²) >= 11 is 6.32. The van der Waals surface area contributed by atoms with Crippen LogP contribution in [0.15, 0.2) is 60.7 Å². The molecule has 1 aromatic carbocycles. The van der Waals surface area contributed by atoms with Crippen LogP contribution < -0.4 is 5.32 Å². The van der Waals surface area contributed by atoms with E-state index in [4.69, 9.17) is 25.8 Å². The molecule has 0 aliphatic carbocycles. The van der Waals surface area contributed by atoms with Crippen molar-refractivity contribution in [2.75, 3.05) is 38.9 Å². The smallest absolute Gasteiger partial charge is 0.412 e. The summed E-state index contributed by atoms with van der Waals surface area (Å²) in [6, 6.07) is 8.07. The number of aliphatic hydroxyl groups is 1. The van der Waals surface area contributed by atoms with Crippen LogP contribution in [0.2, 0.25) is 5.02 Å². The Morgan fingerprint density at radius 2 is 2.09 bits per heavy atom. The zero-order valence-corrected chi connectivity index (χ0v) is 24.8. The van der Waals surface area contributed by atoms with Crippen molar-refractivity contribution in [1.82, 2.24) is 40.1 Å². The lowest BCUT2D eigenvalue weighted by Gasteiger charge is -2.33. The van der Waals surface area contributed by atoms with Crippen molar-refractivity contribution in [1.29, 1.82) is 0 Å². The SMILES string of the molecule is COCCOCCOC(=O)Nc1ccc(-c2nc([C@@H]3CCC4=CC(c5cc(Cl)ccc5-n5cnnn5)=CC(O)N43)[nH]c2F)cn1. The molecule has 1 saturated heterocycles. The van der Waals surface area contributed by atoms with Gasteiger partial charge < -0.3 is 29.2 Å². The molecule has 4 aromatic rings. The molecule has 16 heteroatoms. The maximum Gasteiger partial charge on any atom is 0.412 e. The van der Waals surface area contributed by atoms with E-state index in [1.165, 1.54) is 23.3 Å². The molecule has 3 aromatic heterocycles. The number of aromatic amines is 1. The molecule has 234 valence electrons. The van der Waals surface area contributed by atoms with Gasteiger partial charge in [0.1, 0.15) is 36.5 Å². The number of hydrogen-bond donors (Lipinski definition) is 3. The minimum atomic E-state index is -1.01. The summed E-state index contributed by atoms with van der Waals surface area (Å²) in [5.74, 6) is -0.0317. The molecule has 0 bridgehead atoms. The minimum Gasteiger partial charge on any atom is -0.447 e. The first kappa shape index (κ1) is 30.3. The molecule has 2 aliphatic rings. The lowest BCUT2D eigenvalue weighted by atomic mass is 9.99. The number of imidazole rings is 1. The number of rotatable bonds is 11. The molecule has 45 heavy (non-hydrogen) atoms. The van der Waals surface area contributed by atoms with Crippen LogP contribution >= 0.6 is 11.6 Å². The van der Waals surface area contributed by atoms with Crippen molar-refractivity contribution in [2.45, 2.75) is 25.1 Å². The van der Waals surface area contributed by atoms with Crippen LogP contribution in [0, 0.1) is 5.95 Å². The fraction of sp³-hybridized carbons (Fsp3) is 0.310. The highest BCUT2D eigenvalue weighted by molar-refractivity contribution is 6.30. The molecule has 0 radical (unpaired) electrons. The van der Waals surface area contributed by atoms with Gasteiger partial charge in [0.2, 0.25) is 5.95 Å². The van der Waals surface area contributed by atoms with E-state index >= 15 is 4.39 Å². The highest BCUT2D eigenvalue weighted by Gasteiger charge is 2.38. The molecule has 6 rings (SSSR count). The molecule has 2 aliphatic heterocycles. The van der Waals surface area contributed by atoms with Gasteiger partial charge in [0, 0.05) is 35.2 Å². The number of methoxy groups -OCH3 is 1. The van der Waals surface area contributed by atoms with Crippen molar-refractivity contribution in [3.8, 4) is 16.9 Å². The number of hydrogen-bond acceptors (Lipinski definition) is 11. The molecule has 3 N–H and O–H groups in total. The van der Waals surface area contributed by atoms with Gasteiger partial charge in [0.25, 0.3) is 0 Å². The third-order valence-corrected chi connectivity index (χ3v) is 7.53. The summed E-state index contributed by atoms with van der Waals surface area (Å²) in [5, 5.41) is 25.7. The van der Waals surface area contributed by atoms with Gasteiger partial charge >= 0.3 is 6.09 Å². The number of pyridine rings is 1. The molecule has 2 atom stereocenters. The van der Waals surface area contributed by atoms with Crippen LogP contribution in [-0.4, -0.2) is 91.0 Å². The Kier molecular flexibility index (Phi) is 9.11. The van der Waals surface area contributed by atoms with Gasteiger partial charge in [-0.1, -0.05) is 11.6 Å². The van der Waals surface area contributed by atoms with E-state index in [1.54, 1.807) is 31.4 Å². The van der Waals surface area contributed by atoms with Gasteiger partial charge in [0.05, 0.1) is 31.5 Å². The van der Waals surface area contributed by atoms with Gasteiger partial charge in [-0.2, -0.15) is 9.07 Å². The average Bonchev–Trinajstić information content (AvgIpc) is 3.80. The molecule has 1 fully saturated rings. The first-order valence-electron chi connectivity index (χ1n) is 14.1. The number of aliphatic hydroxyl groups excluding tert-OH is 1. The molecular weight excluding hydrogens is 609 g/mol. The lowest BCUT2D eigenvalue weighted by molar-refractivity contribution is 0.0447. The first-order chi connectivity index (χ1) is 21.9. The predicted octanol–water partition coefficient (Wildman–Crippen LogP) is 3.89. The van der Waals surface area contributed by atoms with E-state index < -0.39 is 24.3 Å². The number of amides is 1. The molecule has 5 heterocycles. The third kappa shape index (κ3) is 6.71. The van der Waals surface area contributed by atoms with Crippen molar-refractivity contribution in [2.24, 2.45) is 0 Å². The van der Waals surface area contributed by atoms with E-state index in [9.17, 15) is 9.90 Å². The van der Waals surface area contributed by atoms with Crippen LogP contribution in [0.5, 0.6) is 0 Å². The van der Waals surface area contributed by atoms with Gasteiger partial charge in [-0.3, -0.25) is 5.32 Å². The summed E-state index contributed by atoms with van der Waals surface area (Å²) in [4.78, 5) is 25.3. The van der Waals surface area contributed by atoms with Crippen LogP contribution in [0.4, 0.5) is 15.0 Å². The number of fused-ring (bicyclic) bond motifs is 1. The zero-order valence-electron chi connectivity index (χ0n) is 24.1. The number of allylic oxidation sites excluding steroid dienone is 3. The van der Waals surface area contributed by atoms with E-state index in [0.29, 0.717) is 48.2 Å². The van der Waals surface area contributed by atoms with E-state index in [2.05, 4.69) is 35.8 Å². The molecule has 0 spiro atoms. The van der Waals surface area contributed by atoms with E-state index in [1.807, 2.05) is 17.0 Å². The number of benzene rings is 1. The standard InChI is InChI=1S/C29H29ClFN9O5/c1-43-8-9-44-10-11-45-29(42)34-24-7-2-17(15-32-24)26-27(31)36-28(35-26)23-6-4-20-12-18(13-25(41)40(20)23)21-14-19(30)3-5-22(21)39-16-33-37-38-39/h2-3,5,7,12-16,23,25,41H,4,6,8-11H2,1H3,(H,35,36)(H,32,34,42)/t23-,25?/m0/s1. The first-order valence-corrected chi connectivity index (χ1v) is 14.4. The van der Waals surface area contributed by atoms with E-state index in [0.717, 1.165) is 16.8 Å². The highest BCUT2D eigenvalue weighted by atomic mass is 35.5. The Labute approximate surface area is 261 Å². The summed E-state index contributed by atoms with van der Waals surface area (Å²) in [6.45, 7) is 1.16. The molecule has 1 amide bonds. The van der Waals surface area contributed by atoms with Crippen molar-refractivity contribution in [3.05, 3.63) is 83.1 Å². The number of H-pyrrole nitrogens is 1. The number of nitrogens with one attached hydrogen (secondary N) is 2. The second-order valence-electron chi connectivity index (χ2n) is 10.1. The summed E-state index contributed by atoms with van der Waals surface area (Å²) < 4.78 is 31.8. The van der Waals surface area contributed by atoms with Crippen molar-refractivity contribution >= 4 is 29.1 Å². The second kappa shape index (κ2) is 13.5. The van der Waals surface area contributed by atoms with Gasteiger partial charge in [-0.05, 0) is 71.3 Å². The highest BCUT2D eigenvalue weighted by Crippen LogP contribution is 2.44. The Morgan fingerprint density at radius 1 is 1.22 bits per heavy atom. The lowest BCUT2D eigenvalue weighted by Crippen LogP contribution is -2.34. The number of carbonyl (C=O) groups is 1. The number of aromatic nitrogens is 7. The number of halogens is 2. The Balaban J connectivity index is 1.13. The second-order valence-corrected chi connectivity index (χ2v) is 10.6. The quantitative estimate of drug-likeness (QED) is 0.204. The van der Waals surface area contributed by atoms with E-state index in [-0.39, 0.29) is 24.7 Å². The number of nitrogens with zero attached hydrogens (tertiary/aromatic N) is 7. The van der Waals surface area contributed by atoms with Crippen LogP contribution in [0.1, 0.15) is 30.3 Å². The van der Waals surface area contributed by atoms with Gasteiger partial charge in [0.15, 0.2) is 0 Å². The van der Waals surface area contributed by atoms with Gasteiger partial charge in [-0.15, -0.1) is 5.10 Å². The molecule has 0 saturated carbocycles. The summed E-state index contributed by atoms with van der Waals surface area (Å²) in [5.41, 5.74) is 3.57. The monoisotopic (exact) mass is 637 g/mol. The average molecular weight is 638 g/mol. The summed E-state index contributed by atoms with van der Waals surface area (Å²) in [7, 11) is 1.57.